The third kappa shape index (κ3) is 5.03. The number of benzene rings is 2. The van der Waals surface area contributed by atoms with Crippen molar-refractivity contribution in [1.29, 1.82) is 0 Å². The van der Waals surface area contributed by atoms with Crippen LogP contribution in [-0.2, 0) is 10.3 Å². The van der Waals surface area contributed by atoms with E-state index < -0.39 is 11.6 Å². The molecule has 0 saturated heterocycles. The molecular weight excluding hydrogens is 372 g/mol. The highest BCUT2D eigenvalue weighted by Crippen LogP contribution is 2.35. The molecule has 0 fully saturated rings. The number of hydrogen-bond donors (Lipinski definition) is 3. The highest BCUT2D eigenvalue weighted by Gasteiger charge is 2.30. The zero-order valence-electron chi connectivity index (χ0n) is 14.9. The standard InChI is InChI=1S/C19H22N2O5.ClH/c1-19(20,13-5-3-2-4-6-13)18(23)21-10-14(22)11-24-15-7-8-16-17(9-15)26-12-25-16;/h2-9,14,22H,10-12,20H2,1H3,(H,21,23);1H. The van der Waals surface area contributed by atoms with Gasteiger partial charge in [-0.2, -0.15) is 0 Å². The molecule has 0 spiro atoms. The molecule has 8 heteroatoms. The van der Waals surface area contributed by atoms with Crippen molar-refractivity contribution in [2.45, 2.75) is 18.6 Å². The number of carbonyl (C=O) groups is 1. The van der Waals surface area contributed by atoms with E-state index in [4.69, 9.17) is 19.9 Å². The summed E-state index contributed by atoms with van der Waals surface area (Å²) >= 11 is 0. The molecule has 1 amide bonds. The van der Waals surface area contributed by atoms with Gasteiger partial charge >= 0.3 is 0 Å². The molecular formula is C19H23ClN2O5. The Morgan fingerprint density at radius 3 is 2.70 bits per heavy atom. The second-order valence-corrected chi connectivity index (χ2v) is 6.26. The lowest BCUT2D eigenvalue weighted by Crippen LogP contribution is -2.51. The van der Waals surface area contributed by atoms with Gasteiger partial charge < -0.3 is 30.4 Å². The molecule has 7 nitrogen and oxygen atoms in total. The van der Waals surface area contributed by atoms with Crippen molar-refractivity contribution in [3.63, 3.8) is 0 Å². The number of nitrogens with two attached hydrogens (primary N) is 1. The maximum atomic E-state index is 12.4. The quantitative estimate of drug-likeness (QED) is 0.658. The normalized spacial score (nSPS) is 15.2. The Labute approximate surface area is 163 Å². The zero-order chi connectivity index (χ0) is 18.6. The third-order valence-electron chi connectivity index (χ3n) is 4.13. The van der Waals surface area contributed by atoms with Gasteiger partial charge in [0.25, 0.3) is 0 Å². The summed E-state index contributed by atoms with van der Waals surface area (Å²) in [5.41, 5.74) is 5.65. The number of ether oxygens (including phenoxy) is 3. The van der Waals surface area contributed by atoms with Crippen LogP contribution in [0.15, 0.2) is 48.5 Å². The van der Waals surface area contributed by atoms with Crippen molar-refractivity contribution < 1.29 is 24.1 Å². The van der Waals surface area contributed by atoms with Crippen LogP contribution >= 0.6 is 12.4 Å². The molecule has 2 aromatic rings. The van der Waals surface area contributed by atoms with Crippen molar-refractivity contribution in [1.82, 2.24) is 5.32 Å². The number of carbonyl (C=O) groups excluding carboxylic acids is 1. The van der Waals surface area contributed by atoms with Gasteiger partial charge in [0, 0.05) is 12.6 Å². The van der Waals surface area contributed by atoms with Crippen LogP contribution in [-0.4, -0.2) is 37.1 Å². The fourth-order valence-corrected chi connectivity index (χ4v) is 2.53. The monoisotopic (exact) mass is 394 g/mol. The minimum absolute atomic E-state index is 0. The Balaban J connectivity index is 0.00000261. The van der Waals surface area contributed by atoms with Crippen LogP contribution < -0.4 is 25.3 Å². The lowest BCUT2D eigenvalue weighted by molar-refractivity contribution is -0.126. The number of nitrogens with one attached hydrogen (secondary N) is 1. The summed E-state index contributed by atoms with van der Waals surface area (Å²) in [5.74, 6) is 1.44. The minimum Gasteiger partial charge on any atom is -0.491 e. The molecule has 3 rings (SSSR count). The number of amides is 1. The highest BCUT2D eigenvalue weighted by molar-refractivity contribution is 5.87. The average molecular weight is 395 g/mol. The predicted molar refractivity (Wildman–Crippen MR) is 102 cm³/mol. The fourth-order valence-electron chi connectivity index (χ4n) is 2.53. The summed E-state index contributed by atoms with van der Waals surface area (Å²) in [7, 11) is 0. The maximum absolute atomic E-state index is 12.4. The number of aliphatic hydroxyl groups is 1. The molecule has 1 aliphatic rings. The van der Waals surface area contributed by atoms with E-state index in [-0.39, 0.29) is 38.3 Å². The van der Waals surface area contributed by atoms with Gasteiger partial charge in [-0.05, 0) is 24.6 Å². The molecule has 2 unspecified atom stereocenters. The molecule has 27 heavy (non-hydrogen) atoms. The molecule has 0 bridgehead atoms. The van der Waals surface area contributed by atoms with Gasteiger partial charge in [0.2, 0.25) is 12.7 Å². The lowest BCUT2D eigenvalue weighted by atomic mass is 9.92. The van der Waals surface area contributed by atoms with Crippen molar-refractivity contribution in [2.24, 2.45) is 5.73 Å². The first kappa shape index (κ1) is 20.8. The molecule has 1 heterocycles. The summed E-state index contributed by atoms with van der Waals surface area (Å²) in [4.78, 5) is 12.4. The number of rotatable bonds is 7. The van der Waals surface area contributed by atoms with Crippen LogP contribution in [0.2, 0.25) is 0 Å². The summed E-state index contributed by atoms with van der Waals surface area (Å²) in [6.45, 7) is 1.87. The Morgan fingerprint density at radius 2 is 1.96 bits per heavy atom. The van der Waals surface area contributed by atoms with E-state index in [1.807, 2.05) is 18.2 Å². The molecule has 2 aromatic carbocycles. The van der Waals surface area contributed by atoms with E-state index in [1.165, 1.54) is 0 Å². The van der Waals surface area contributed by atoms with Gasteiger partial charge in [-0.25, -0.2) is 0 Å². The molecule has 0 saturated carbocycles. The van der Waals surface area contributed by atoms with Crippen molar-refractivity contribution in [3.8, 4) is 17.2 Å². The SMILES string of the molecule is CC(N)(C(=O)NCC(O)COc1ccc2c(c1)OCO2)c1ccccc1.Cl. The molecule has 0 aliphatic carbocycles. The van der Waals surface area contributed by atoms with Crippen LogP contribution in [0, 0.1) is 0 Å². The molecule has 1 aliphatic heterocycles. The molecule has 0 aromatic heterocycles. The largest absolute Gasteiger partial charge is 0.491 e. The second kappa shape index (κ2) is 8.94. The molecule has 146 valence electrons. The van der Waals surface area contributed by atoms with Gasteiger partial charge in [-0.3, -0.25) is 4.79 Å². The minimum atomic E-state index is -1.18. The van der Waals surface area contributed by atoms with Crippen molar-refractivity contribution in [3.05, 3.63) is 54.1 Å². The van der Waals surface area contributed by atoms with E-state index in [0.29, 0.717) is 22.8 Å². The zero-order valence-corrected chi connectivity index (χ0v) is 15.7. The second-order valence-electron chi connectivity index (χ2n) is 6.26. The third-order valence-corrected chi connectivity index (χ3v) is 4.13. The van der Waals surface area contributed by atoms with Crippen molar-refractivity contribution in [2.75, 3.05) is 19.9 Å². The van der Waals surface area contributed by atoms with Crippen LogP contribution in [0.5, 0.6) is 17.2 Å². The van der Waals surface area contributed by atoms with E-state index in [9.17, 15) is 9.90 Å². The number of fused-ring (bicyclic) bond motifs is 1. The van der Waals surface area contributed by atoms with Crippen LogP contribution in [0.25, 0.3) is 0 Å². The Kier molecular flexibility index (Phi) is 6.90. The Morgan fingerprint density at radius 1 is 1.26 bits per heavy atom. The van der Waals surface area contributed by atoms with E-state index in [1.54, 1.807) is 37.3 Å². The Bertz CT molecular complexity index is 770. The predicted octanol–water partition coefficient (Wildman–Crippen LogP) is 1.57. The number of halogens is 1. The summed E-state index contributed by atoms with van der Waals surface area (Å²) in [6, 6.07) is 14.2. The van der Waals surface area contributed by atoms with Gasteiger partial charge in [0.15, 0.2) is 11.5 Å². The fraction of sp³-hybridized carbons (Fsp3) is 0.316. The van der Waals surface area contributed by atoms with Gasteiger partial charge in [0.1, 0.15) is 24.0 Å². The molecule has 4 N–H and O–H groups in total. The van der Waals surface area contributed by atoms with E-state index in [0.717, 1.165) is 0 Å². The molecule has 0 radical (unpaired) electrons. The number of hydrogen-bond acceptors (Lipinski definition) is 6. The van der Waals surface area contributed by atoms with Crippen LogP contribution in [0.4, 0.5) is 0 Å². The first-order valence-electron chi connectivity index (χ1n) is 8.30. The smallest absolute Gasteiger partial charge is 0.244 e. The maximum Gasteiger partial charge on any atom is 0.244 e. The van der Waals surface area contributed by atoms with Crippen LogP contribution in [0.3, 0.4) is 0 Å². The van der Waals surface area contributed by atoms with E-state index >= 15 is 0 Å². The van der Waals surface area contributed by atoms with Gasteiger partial charge in [-0.15, -0.1) is 12.4 Å². The van der Waals surface area contributed by atoms with Gasteiger partial charge in [0.05, 0.1) is 0 Å². The van der Waals surface area contributed by atoms with Crippen LogP contribution in [0.1, 0.15) is 12.5 Å². The van der Waals surface area contributed by atoms with E-state index in [2.05, 4.69) is 5.32 Å². The number of aliphatic hydroxyl groups excluding tert-OH is 1. The lowest BCUT2D eigenvalue weighted by Gasteiger charge is -2.25. The Hall–Kier alpha value is -2.48. The first-order chi connectivity index (χ1) is 12.5. The highest BCUT2D eigenvalue weighted by atomic mass is 35.5. The summed E-state index contributed by atoms with van der Waals surface area (Å²) in [6.07, 6.45) is -0.879. The average Bonchev–Trinajstić information content (AvgIpc) is 3.12. The first-order valence-corrected chi connectivity index (χ1v) is 8.30. The topological polar surface area (TPSA) is 103 Å². The van der Waals surface area contributed by atoms with Gasteiger partial charge in [-0.1, -0.05) is 30.3 Å². The molecule has 2 atom stereocenters. The van der Waals surface area contributed by atoms with Crippen molar-refractivity contribution >= 4 is 18.3 Å². The summed E-state index contributed by atoms with van der Waals surface area (Å²) < 4.78 is 16.0. The summed E-state index contributed by atoms with van der Waals surface area (Å²) in [5, 5.41) is 12.7.